The van der Waals surface area contributed by atoms with Gasteiger partial charge in [-0.05, 0) is 49.9 Å². The smallest absolute Gasteiger partial charge is 0.418 e. The summed E-state index contributed by atoms with van der Waals surface area (Å²) in [6, 6.07) is 4.07. The van der Waals surface area contributed by atoms with Crippen LogP contribution in [0.2, 0.25) is 0 Å². The first-order valence-corrected chi connectivity index (χ1v) is 10.7. The maximum absolute atomic E-state index is 14.3. The number of carbonyl (C=O) groups excluding carboxylic acids is 1. The fraction of sp³-hybridized carbons (Fsp3) is 0.304. The standard InChI is InChI=1S/C23H20F5N5O2/c24-15-2-1-3-16(25)19(15)20-14(23(26,27)28)8-9-17(32-20)21(34)33-18-10-30-11-31-22(18)35-13-6-4-12(29)5-7-13/h1-3,8-13H,4-7,29H2,(H,33,34). The quantitative estimate of drug-likeness (QED) is 0.498. The summed E-state index contributed by atoms with van der Waals surface area (Å²) in [4.78, 5) is 24.4. The Morgan fingerprint density at radius 1 is 1.06 bits per heavy atom. The van der Waals surface area contributed by atoms with Gasteiger partial charge in [0.25, 0.3) is 5.91 Å². The molecule has 0 radical (unpaired) electrons. The number of nitrogens with two attached hydrogens (primary N) is 1. The number of rotatable bonds is 5. The first-order chi connectivity index (χ1) is 16.6. The van der Waals surface area contributed by atoms with Crippen molar-refractivity contribution >= 4 is 11.6 Å². The van der Waals surface area contributed by atoms with Crippen molar-refractivity contribution in [2.45, 2.75) is 44.0 Å². The Bertz CT molecular complexity index is 1210. The van der Waals surface area contributed by atoms with E-state index in [9.17, 15) is 26.7 Å². The third-order valence-corrected chi connectivity index (χ3v) is 5.55. The molecule has 1 aromatic carbocycles. The summed E-state index contributed by atoms with van der Waals surface area (Å²) in [5.74, 6) is -3.37. The molecular weight excluding hydrogens is 473 g/mol. The van der Waals surface area contributed by atoms with Gasteiger partial charge in [-0.25, -0.2) is 18.7 Å². The van der Waals surface area contributed by atoms with Crippen LogP contribution in [0.1, 0.15) is 41.7 Å². The summed E-state index contributed by atoms with van der Waals surface area (Å²) >= 11 is 0. The van der Waals surface area contributed by atoms with Crippen molar-refractivity contribution in [2.75, 3.05) is 5.32 Å². The van der Waals surface area contributed by atoms with Crippen LogP contribution >= 0.6 is 0 Å². The Hall–Kier alpha value is -3.67. The third kappa shape index (κ3) is 5.53. The van der Waals surface area contributed by atoms with Crippen LogP contribution in [-0.4, -0.2) is 33.0 Å². The summed E-state index contributed by atoms with van der Waals surface area (Å²) < 4.78 is 75.1. The number of aromatic nitrogens is 3. The van der Waals surface area contributed by atoms with Crippen LogP contribution in [0.5, 0.6) is 5.88 Å². The van der Waals surface area contributed by atoms with Crippen LogP contribution in [0.25, 0.3) is 11.3 Å². The number of halogens is 5. The van der Waals surface area contributed by atoms with E-state index in [2.05, 4.69) is 20.3 Å². The molecular formula is C23H20F5N5O2. The number of hydrogen-bond donors (Lipinski definition) is 2. The lowest BCUT2D eigenvalue weighted by Crippen LogP contribution is -2.32. The van der Waals surface area contributed by atoms with Gasteiger partial charge in [0.05, 0.1) is 23.0 Å². The average Bonchev–Trinajstić information content (AvgIpc) is 2.81. The summed E-state index contributed by atoms with van der Waals surface area (Å²) in [5.41, 5.74) is 2.04. The fourth-order valence-corrected chi connectivity index (χ4v) is 3.78. The molecule has 0 spiro atoms. The molecule has 1 amide bonds. The Labute approximate surface area is 196 Å². The van der Waals surface area contributed by atoms with E-state index in [-0.39, 0.29) is 23.7 Å². The lowest BCUT2D eigenvalue weighted by molar-refractivity contribution is -0.137. The molecule has 3 aromatic rings. The molecule has 1 saturated carbocycles. The van der Waals surface area contributed by atoms with E-state index in [0.717, 1.165) is 37.1 Å². The van der Waals surface area contributed by atoms with Gasteiger partial charge in [0, 0.05) is 6.04 Å². The monoisotopic (exact) mass is 493 g/mol. The minimum absolute atomic E-state index is 0.0627. The number of carbonyl (C=O) groups is 1. The minimum Gasteiger partial charge on any atom is -0.473 e. The predicted octanol–water partition coefficient (Wildman–Crippen LogP) is 4.74. The number of anilines is 1. The van der Waals surface area contributed by atoms with E-state index in [1.54, 1.807) is 0 Å². The molecule has 1 aliphatic carbocycles. The Kier molecular flexibility index (Phi) is 6.92. The zero-order valence-corrected chi connectivity index (χ0v) is 18.1. The molecule has 2 aromatic heterocycles. The number of ether oxygens (including phenoxy) is 1. The van der Waals surface area contributed by atoms with E-state index in [1.807, 2.05) is 0 Å². The lowest BCUT2D eigenvalue weighted by atomic mass is 9.94. The largest absolute Gasteiger partial charge is 0.473 e. The van der Waals surface area contributed by atoms with Gasteiger partial charge in [-0.1, -0.05) is 6.07 Å². The molecule has 2 heterocycles. The van der Waals surface area contributed by atoms with Gasteiger partial charge in [0.15, 0.2) is 0 Å². The van der Waals surface area contributed by atoms with Crippen molar-refractivity contribution in [2.24, 2.45) is 5.73 Å². The molecule has 1 aliphatic rings. The van der Waals surface area contributed by atoms with Gasteiger partial charge in [-0.15, -0.1) is 0 Å². The molecule has 0 atom stereocenters. The van der Waals surface area contributed by atoms with Crippen LogP contribution in [0.4, 0.5) is 27.6 Å². The molecule has 3 N–H and O–H groups in total. The average molecular weight is 493 g/mol. The molecule has 7 nitrogen and oxygen atoms in total. The maximum atomic E-state index is 14.3. The second kappa shape index (κ2) is 9.90. The Morgan fingerprint density at radius 3 is 2.40 bits per heavy atom. The zero-order valence-electron chi connectivity index (χ0n) is 18.1. The van der Waals surface area contributed by atoms with Crippen molar-refractivity contribution in [3.05, 3.63) is 65.7 Å². The summed E-state index contributed by atoms with van der Waals surface area (Å²) in [6.45, 7) is 0. The molecule has 0 bridgehead atoms. The van der Waals surface area contributed by atoms with Gasteiger partial charge < -0.3 is 15.8 Å². The fourth-order valence-electron chi connectivity index (χ4n) is 3.78. The molecule has 184 valence electrons. The zero-order chi connectivity index (χ0) is 25.2. The molecule has 0 saturated heterocycles. The third-order valence-electron chi connectivity index (χ3n) is 5.55. The van der Waals surface area contributed by atoms with Crippen LogP contribution in [0.3, 0.4) is 0 Å². The van der Waals surface area contributed by atoms with Crippen LogP contribution in [0, 0.1) is 11.6 Å². The van der Waals surface area contributed by atoms with Gasteiger partial charge >= 0.3 is 6.18 Å². The molecule has 12 heteroatoms. The number of nitrogens with zero attached hydrogens (tertiary/aromatic N) is 3. The van der Waals surface area contributed by atoms with Crippen LogP contribution in [0.15, 0.2) is 42.9 Å². The summed E-state index contributed by atoms with van der Waals surface area (Å²) in [5, 5.41) is 2.45. The van der Waals surface area contributed by atoms with Crippen LogP contribution < -0.4 is 15.8 Å². The highest BCUT2D eigenvalue weighted by atomic mass is 19.4. The van der Waals surface area contributed by atoms with Gasteiger partial charge in [0.1, 0.15) is 35.4 Å². The molecule has 0 aliphatic heterocycles. The van der Waals surface area contributed by atoms with Crippen molar-refractivity contribution in [3.63, 3.8) is 0 Å². The second-order valence-corrected chi connectivity index (χ2v) is 8.04. The van der Waals surface area contributed by atoms with E-state index in [4.69, 9.17) is 10.5 Å². The van der Waals surface area contributed by atoms with Crippen molar-refractivity contribution in [3.8, 4) is 17.1 Å². The first-order valence-electron chi connectivity index (χ1n) is 10.7. The Balaban J connectivity index is 1.64. The van der Waals surface area contributed by atoms with Crippen molar-refractivity contribution in [1.82, 2.24) is 15.0 Å². The SMILES string of the molecule is NC1CCC(Oc2ncncc2NC(=O)c2ccc(C(F)(F)F)c(-c3c(F)cccc3F)n2)CC1. The minimum atomic E-state index is -4.97. The topological polar surface area (TPSA) is 103 Å². The van der Waals surface area contributed by atoms with E-state index < -0.39 is 46.2 Å². The molecule has 35 heavy (non-hydrogen) atoms. The molecule has 4 rings (SSSR count). The first kappa shape index (κ1) is 24.5. The lowest BCUT2D eigenvalue weighted by Gasteiger charge is -2.26. The van der Waals surface area contributed by atoms with Gasteiger partial charge in [-0.3, -0.25) is 4.79 Å². The highest BCUT2D eigenvalue weighted by molar-refractivity contribution is 6.03. The van der Waals surface area contributed by atoms with Crippen molar-refractivity contribution in [1.29, 1.82) is 0 Å². The molecule has 0 unspecified atom stereocenters. The van der Waals surface area contributed by atoms with Crippen LogP contribution in [-0.2, 0) is 6.18 Å². The normalized spacial score (nSPS) is 18.2. The summed E-state index contributed by atoms with van der Waals surface area (Å²) in [7, 11) is 0. The van der Waals surface area contributed by atoms with Gasteiger partial charge in [-0.2, -0.15) is 18.2 Å². The van der Waals surface area contributed by atoms with E-state index in [1.165, 1.54) is 12.5 Å². The number of hydrogen-bond acceptors (Lipinski definition) is 6. The van der Waals surface area contributed by atoms with Crippen molar-refractivity contribution < 1.29 is 31.5 Å². The predicted molar refractivity (Wildman–Crippen MR) is 115 cm³/mol. The number of amides is 1. The highest BCUT2D eigenvalue weighted by Crippen LogP contribution is 2.38. The number of benzene rings is 1. The summed E-state index contributed by atoms with van der Waals surface area (Å²) in [6.07, 6.45) is 0.242. The number of pyridine rings is 1. The van der Waals surface area contributed by atoms with E-state index >= 15 is 0 Å². The van der Waals surface area contributed by atoms with E-state index in [0.29, 0.717) is 18.9 Å². The second-order valence-electron chi connectivity index (χ2n) is 8.04. The van der Waals surface area contributed by atoms with Gasteiger partial charge in [0.2, 0.25) is 5.88 Å². The number of nitrogens with one attached hydrogen (secondary N) is 1. The Morgan fingerprint density at radius 2 is 1.74 bits per heavy atom. The molecule has 1 fully saturated rings. The maximum Gasteiger partial charge on any atom is 0.418 e. The highest BCUT2D eigenvalue weighted by Gasteiger charge is 2.36. The number of alkyl halides is 3.